The summed E-state index contributed by atoms with van der Waals surface area (Å²) in [7, 11) is 0. The largest absolute Gasteiger partial charge is 0.454 e. The highest BCUT2D eigenvalue weighted by Crippen LogP contribution is 2.30. The second kappa shape index (κ2) is 5.83. The van der Waals surface area contributed by atoms with Gasteiger partial charge in [-0.3, -0.25) is 10.1 Å². The average Bonchev–Trinajstić information content (AvgIpc) is 2.42. The van der Waals surface area contributed by atoms with Crippen LogP contribution in [0.2, 0.25) is 0 Å². The van der Waals surface area contributed by atoms with Crippen LogP contribution in [0.1, 0.15) is 5.56 Å². The molecule has 0 aliphatic heterocycles. The molecule has 0 unspecified atom stereocenters. The molecule has 2 rings (SSSR count). The van der Waals surface area contributed by atoms with Gasteiger partial charge in [0.05, 0.1) is 10.8 Å². The first-order chi connectivity index (χ1) is 9.51. The number of ether oxygens (including phenoxy) is 1. The van der Waals surface area contributed by atoms with Gasteiger partial charge in [0.15, 0.2) is 11.6 Å². The maximum absolute atomic E-state index is 13.4. The van der Waals surface area contributed by atoms with Crippen molar-refractivity contribution in [2.75, 3.05) is 0 Å². The molecule has 0 heterocycles. The number of nitrogens with zero attached hydrogens (tertiary/aromatic N) is 1. The molecule has 0 radical (unpaired) electrons. The lowest BCUT2D eigenvalue weighted by Crippen LogP contribution is -1.95. The highest BCUT2D eigenvalue weighted by molar-refractivity contribution is 6.17. The van der Waals surface area contributed by atoms with E-state index >= 15 is 0 Å². The molecule has 0 aliphatic rings. The fourth-order valence-corrected chi connectivity index (χ4v) is 1.81. The second-order valence-electron chi connectivity index (χ2n) is 3.86. The molecule has 7 heteroatoms. The summed E-state index contributed by atoms with van der Waals surface area (Å²) in [6.07, 6.45) is 0. The monoisotopic (exact) mass is 299 g/mol. The zero-order valence-corrected chi connectivity index (χ0v) is 10.7. The van der Waals surface area contributed by atoms with Gasteiger partial charge in [-0.1, -0.05) is 0 Å². The fraction of sp³-hybridized carbons (Fsp3) is 0.0769. The van der Waals surface area contributed by atoms with Crippen molar-refractivity contribution in [3.63, 3.8) is 0 Å². The Balaban J connectivity index is 2.34. The summed E-state index contributed by atoms with van der Waals surface area (Å²) >= 11 is 5.61. The van der Waals surface area contributed by atoms with Crippen molar-refractivity contribution in [3.05, 3.63) is 63.7 Å². The number of alkyl halides is 1. The summed E-state index contributed by atoms with van der Waals surface area (Å²) in [4.78, 5) is 10.2. The van der Waals surface area contributed by atoms with Crippen molar-refractivity contribution in [2.24, 2.45) is 0 Å². The van der Waals surface area contributed by atoms with Crippen LogP contribution in [0.5, 0.6) is 11.5 Å². The number of rotatable bonds is 4. The molecule has 104 valence electrons. The first-order valence-corrected chi connectivity index (χ1v) is 6.01. The number of benzene rings is 2. The van der Waals surface area contributed by atoms with E-state index in [2.05, 4.69) is 0 Å². The van der Waals surface area contributed by atoms with E-state index in [4.69, 9.17) is 16.3 Å². The first kappa shape index (κ1) is 14.2. The van der Waals surface area contributed by atoms with Crippen LogP contribution < -0.4 is 4.74 Å². The van der Waals surface area contributed by atoms with Gasteiger partial charge in [-0.15, -0.1) is 11.6 Å². The summed E-state index contributed by atoms with van der Waals surface area (Å²) < 4.78 is 31.6. The van der Waals surface area contributed by atoms with Crippen LogP contribution in [0.25, 0.3) is 0 Å². The molecule has 2 aromatic carbocycles. The van der Waals surface area contributed by atoms with E-state index in [9.17, 15) is 18.9 Å². The van der Waals surface area contributed by atoms with Gasteiger partial charge in [-0.05, 0) is 24.3 Å². The summed E-state index contributed by atoms with van der Waals surface area (Å²) in [5.41, 5.74) is 0.0676. The minimum atomic E-state index is -0.739. The summed E-state index contributed by atoms with van der Waals surface area (Å²) in [5.74, 6) is -1.66. The fourth-order valence-electron chi connectivity index (χ4n) is 1.59. The van der Waals surface area contributed by atoms with Crippen molar-refractivity contribution in [1.29, 1.82) is 0 Å². The Morgan fingerprint density at radius 1 is 1.20 bits per heavy atom. The lowest BCUT2D eigenvalue weighted by Gasteiger charge is -2.08. The lowest BCUT2D eigenvalue weighted by molar-refractivity contribution is -0.385. The Labute approximate surface area is 117 Å². The third-order valence-corrected chi connectivity index (χ3v) is 2.80. The van der Waals surface area contributed by atoms with Crippen LogP contribution in [0.3, 0.4) is 0 Å². The third kappa shape index (κ3) is 3.03. The molecular weight excluding hydrogens is 292 g/mol. The van der Waals surface area contributed by atoms with Gasteiger partial charge in [-0.2, -0.15) is 0 Å². The van der Waals surface area contributed by atoms with Crippen molar-refractivity contribution in [3.8, 4) is 11.5 Å². The number of halogens is 3. The maximum Gasteiger partial charge on any atom is 0.274 e. The predicted molar refractivity (Wildman–Crippen MR) is 69.1 cm³/mol. The van der Waals surface area contributed by atoms with E-state index in [-0.39, 0.29) is 28.6 Å². The summed E-state index contributed by atoms with van der Waals surface area (Å²) in [6, 6.07) is 6.58. The van der Waals surface area contributed by atoms with Gasteiger partial charge in [0, 0.05) is 17.7 Å². The van der Waals surface area contributed by atoms with E-state index in [1.807, 2.05) is 0 Å². The number of nitro benzene ring substituents is 1. The minimum absolute atomic E-state index is 0.0981. The Morgan fingerprint density at radius 3 is 2.60 bits per heavy atom. The molecule has 20 heavy (non-hydrogen) atoms. The highest BCUT2D eigenvalue weighted by Gasteiger charge is 2.15. The Bertz CT molecular complexity index is 664. The molecule has 0 N–H and O–H groups in total. The third-order valence-electron chi connectivity index (χ3n) is 2.51. The predicted octanol–water partition coefficient (Wildman–Crippen LogP) is 4.40. The molecule has 0 amide bonds. The molecule has 0 saturated carbocycles. The Kier molecular flexibility index (Phi) is 4.14. The molecule has 0 aliphatic carbocycles. The van der Waals surface area contributed by atoms with E-state index in [1.165, 1.54) is 18.2 Å². The molecule has 0 aromatic heterocycles. The quantitative estimate of drug-likeness (QED) is 0.477. The van der Waals surface area contributed by atoms with Crippen LogP contribution in [-0.4, -0.2) is 4.92 Å². The van der Waals surface area contributed by atoms with Crippen LogP contribution >= 0.6 is 11.6 Å². The first-order valence-electron chi connectivity index (χ1n) is 5.47. The molecule has 0 fully saturated rings. The molecule has 0 atom stereocenters. The van der Waals surface area contributed by atoms with Gasteiger partial charge < -0.3 is 4.74 Å². The topological polar surface area (TPSA) is 52.4 Å². The van der Waals surface area contributed by atoms with Gasteiger partial charge >= 0.3 is 0 Å². The van der Waals surface area contributed by atoms with E-state index in [1.54, 1.807) is 0 Å². The number of hydrogen-bond donors (Lipinski definition) is 0. The summed E-state index contributed by atoms with van der Waals surface area (Å²) in [6.45, 7) is 0. The summed E-state index contributed by atoms with van der Waals surface area (Å²) in [5, 5.41) is 10.7. The Hall–Kier alpha value is -2.21. The molecule has 4 nitrogen and oxygen atoms in total. The molecule has 0 saturated heterocycles. The maximum atomic E-state index is 13.4. The van der Waals surface area contributed by atoms with Crippen LogP contribution in [0.4, 0.5) is 14.5 Å². The van der Waals surface area contributed by atoms with Gasteiger partial charge in [0.2, 0.25) is 0 Å². The van der Waals surface area contributed by atoms with Gasteiger partial charge in [0.1, 0.15) is 11.6 Å². The lowest BCUT2D eigenvalue weighted by atomic mass is 10.2. The number of nitro groups is 1. The minimum Gasteiger partial charge on any atom is -0.454 e. The number of hydrogen-bond acceptors (Lipinski definition) is 3. The van der Waals surface area contributed by atoms with Crippen molar-refractivity contribution < 1.29 is 18.4 Å². The van der Waals surface area contributed by atoms with Crippen LogP contribution in [-0.2, 0) is 5.88 Å². The standard InChI is InChI=1S/C13H8ClF2NO3/c14-7-8-5-10(2-4-12(8)17(18)19)20-13-6-9(15)1-3-11(13)16/h1-6H,7H2. The highest BCUT2D eigenvalue weighted by atomic mass is 35.5. The SMILES string of the molecule is O=[N+]([O-])c1ccc(Oc2cc(F)ccc2F)cc1CCl. The zero-order valence-electron chi connectivity index (χ0n) is 9.98. The molecule has 0 bridgehead atoms. The smallest absolute Gasteiger partial charge is 0.274 e. The normalized spacial score (nSPS) is 10.3. The van der Waals surface area contributed by atoms with E-state index in [0.717, 1.165) is 18.2 Å². The van der Waals surface area contributed by atoms with Gasteiger partial charge in [-0.25, -0.2) is 8.78 Å². The van der Waals surface area contributed by atoms with Crippen LogP contribution in [0.15, 0.2) is 36.4 Å². The molecular formula is C13H8ClF2NO3. The van der Waals surface area contributed by atoms with Gasteiger partial charge in [0.25, 0.3) is 5.69 Å². The van der Waals surface area contributed by atoms with Crippen molar-refractivity contribution >= 4 is 17.3 Å². The Morgan fingerprint density at radius 2 is 1.95 bits per heavy atom. The van der Waals surface area contributed by atoms with Crippen molar-refractivity contribution in [1.82, 2.24) is 0 Å². The molecule has 0 spiro atoms. The van der Waals surface area contributed by atoms with Crippen molar-refractivity contribution in [2.45, 2.75) is 5.88 Å². The zero-order chi connectivity index (χ0) is 14.7. The average molecular weight is 300 g/mol. The van der Waals surface area contributed by atoms with E-state index in [0.29, 0.717) is 0 Å². The molecule has 2 aromatic rings. The van der Waals surface area contributed by atoms with E-state index < -0.39 is 16.6 Å². The van der Waals surface area contributed by atoms with Crippen LogP contribution in [0, 0.1) is 21.7 Å². The second-order valence-corrected chi connectivity index (χ2v) is 4.13.